The van der Waals surface area contributed by atoms with Crippen molar-refractivity contribution in [2.24, 2.45) is 0 Å². The van der Waals surface area contributed by atoms with Crippen molar-refractivity contribution in [3.8, 4) is 0 Å². The van der Waals surface area contributed by atoms with E-state index >= 15 is 0 Å². The summed E-state index contributed by atoms with van der Waals surface area (Å²) in [6.07, 6.45) is 0. The Labute approximate surface area is 79.1 Å². The number of benzene rings is 1. The highest BCUT2D eigenvalue weighted by molar-refractivity contribution is 9.10. The van der Waals surface area contributed by atoms with E-state index in [1.54, 1.807) is 0 Å². The number of hydrogen-bond donors (Lipinski definition) is 1. The van der Waals surface area contributed by atoms with Crippen molar-refractivity contribution >= 4 is 40.2 Å². The minimum Gasteiger partial charge on any atom is -0.175 e. The molecule has 0 fully saturated rings. The van der Waals surface area contributed by atoms with Gasteiger partial charge in [-0.05, 0) is 23.8 Å². The molecule has 1 aromatic carbocycles. The molecule has 0 heterocycles. The van der Waals surface area contributed by atoms with Crippen LogP contribution in [0.4, 0.5) is 0 Å². The minimum atomic E-state index is 0.709. The number of halogens is 2. The largest absolute Gasteiger partial charge is 0.175 e. The zero-order valence-corrected chi connectivity index (χ0v) is 8.38. The quantitative estimate of drug-likeness (QED) is 0.710. The Kier molecular flexibility index (Phi) is 3.08. The SMILES string of the molecule is SCc1cc(Cl)ccc1Br. The van der Waals surface area contributed by atoms with Crippen LogP contribution in [0, 0.1) is 0 Å². The third-order valence-corrected chi connectivity index (χ3v) is 2.53. The fourth-order valence-electron chi connectivity index (χ4n) is 0.664. The Morgan fingerprint density at radius 1 is 1.50 bits per heavy atom. The molecular formula is C7H6BrClS. The number of rotatable bonds is 1. The van der Waals surface area contributed by atoms with Crippen molar-refractivity contribution in [3.05, 3.63) is 33.3 Å². The maximum Gasteiger partial charge on any atom is 0.0409 e. The molecule has 0 N–H and O–H groups in total. The van der Waals surface area contributed by atoms with Gasteiger partial charge in [0.05, 0.1) is 0 Å². The second-order valence-electron chi connectivity index (χ2n) is 1.89. The summed E-state index contributed by atoms with van der Waals surface area (Å²) in [7, 11) is 0. The van der Waals surface area contributed by atoms with Crippen LogP contribution in [0.1, 0.15) is 5.56 Å². The van der Waals surface area contributed by atoms with E-state index in [0.717, 1.165) is 15.1 Å². The summed E-state index contributed by atoms with van der Waals surface area (Å²) >= 11 is 13.3. The van der Waals surface area contributed by atoms with E-state index in [4.69, 9.17) is 11.6 Å². The Balaban J connectivity index is 3.09. The Bertz CT molecular complexity index is 237. The van der Waals surface area contributed by atoms with Gasteiger partial charge in [0, 0.05) is 15.2 Å². The molecule has 0 atom stereocenters. The van der Waals surface area contributed by atoms with Crippen molar-refractivity contribution in [3.63, 3.8) is 0 Å². The van der Waals surface area contributed by atoms with Gasteiger partial charge in [0.2, 0.25) is 0 Å². The first-order chi connectivity index (χ1) is 4.74. The number of thiol groups is 1. The predicted octanol–water partition coefficient (Wildman–Crippen LogP) is 3.53. The molecule has 0 radical (unpaired) electrons. The highest BCUT2D eigenvalue weighted by Crippen LogP contribution is 2.22. The van der Waals surface area contributed by atoms with Crippen LogP contribution in [0.25, 0.3) is 0 Å². The monoisotopic (exact) mass is 236 g/mol. The van der Waals surface area contributed by atoms with Gasteiger partial charge in [-0.3, -0.25) is 0 Å². The van der Waals surface area contributed by atoms with E-state index in [9.17, 15) is 0 Å². The normalized spacial score (nSPS) is 9.90. The summed E-state index contributed by atoms with van der Waals surface area (Å²) in [5, 5.41) is 0.757. The van der Waals surface area contributed by atoms with Gasteiger partial charge in [0.15, 0.2) is 0 Å². The minimum absolute atomic E-state index is 0.709. The third-order valence-electron chi connectivity index (χ3n) is 1.18. The molecule has 0 unspecified atom stereocenters. The molecule has 0 saturated heterocycles. The average molecular weight is 238 g/mol. The van der Waals surface area contributed by atoms with Crippen LogP contribution < -0.4 is 0 Å². The first-order valence-electron chi connectivity index (χ1n) is 2.79. The molecule has 0 spiro atoms. The Morgan fingerprint density at radius 3 is 2.70 bits per heavy atom. The van der Waals surface area contributed by atoms with Crippen LogP contribution >= 0.6 is 40.2 Å². The molecule has 0 bridgehead atoms. The van der Waals surface area contributed by atoms with Gasteiger partial charge in [-0.15, -0.1) is 0 Å². The van der Waals surface area contributed by atoms with E-state index in [-0.39, 0.29) is 0 Å². The van der Waals surface area contributed by atoms with Crippen LogP contribution in [-0.4, -0.2) is 0 Å². The maximum absolute atomic E-state index is 5.74. The molecule has 3 heteroatoms. The summed E-state index contributed by atoms with van der Waals surface area (Å²) in [6, 6.07) is 5.67. The Morgan fingerprint density at radius 2 is 2.20 bits per heavy atom. The zero-order valence-electron chi connectivity index (χ0n) is 5.14. The van der Waals surface area contributed by atoms with Gasteiger partial charge >= 0.3 is 0 Å². The van der Waals surface area contributed by atoms with Crippen molar-refractivity contribution < 1.29 is 0 Å². The van der Waals surface area contributed by atoms with Crippen molar-refractivity contribution in [2.45, 2.75) is 5.75 Å². The van der Waals surface area contributed by atoms with Crippen molar-refractivity contribution in [1.82, 2.24) is 0 Å². The first kappa shape index (κ1) is 8.44. The van der Waals surface area contributed by atoms with Gasteiger partial charge in [0.25, 0.3) is 0 Å². The lowest BCUT2D eigenvalue weighted by atomic mass is 10.2. The van der Waals surface area contributed by atoms with E-state index in [1.807, 2.05) is 18.2 Å². The summed E-state index contributed by atoms with van der Waals surface area (Å²) in [5.74, 6) is 0.709. The summed E-state index contributed by atoms with van der Waals surface area (Å²) < 4.78 is 1.06. The van der Waals surface area contributed by atoms with Gasteiger partial charge < -0.3 is 0 Å². The fraction of sp³-hybridized carbons (Fsp3) is 0.143. The van der Waals surface area contributed by atoms with E-state index in [0.29, 0.717) is 5.75 Å². The lowest BCUT2D eigenvalue weighted by Gasteiger charge is -1.99. The van der Waals surface area contributed by atoms with Gasteiger partial charge in [-0.1, -0.05) is 27.5 Å². The highest BCUT2D eigenvalue weighted by Gasteiger charge is 1.96. The van der Waals surface area contributed by atoms with Crippen LogP contribution in [0.2, 0.25) is 5.02 Å². The molecule has 0 aliphatic carbocycles. The molecular weight excluding hydrogens is 232 g/mol. The molecule has 0 nitrogen and oxygen atoms in total. The Hall–Kier alpha value is 0.340. The lowest BCUT2D eigenvalue weighted by Crippen LogP contribution is -1.78. The molecule has 0 amide bonds. The predicted molar refractivity (Wildman–Crippen MR) is 51.8 cm³/mol. The molecule has 1 aromatic rings. The van der Waals surface area contributed by atoms with Gasteiger partial charge in [0.1, 0.15) is 0 Å². The second-order valence-corrected chi connectivity index (χ2v) is 3.50. The smallest absolute Gasteiger partial charge is 0.0409 e. The average Bonchev–Trinajstić information content (AvgIpc) is 1.94. The summed E-state index contributed by atoms with van der Waals surface area (Å²) in [6.45, 7) is 0. The maximum atomic E-state index is 5.74. The van der Waals surface area contributed by atoms with Crippen LogP contribution in [0.5, 0.6) is 0 Å². The van der Waals surface area contributed by atoms with Crippen LogP contribution in [0.3, 0.4) is 0 Å². The summed E-state index contributed by atoms with van der Waals surface area (Å²) in [4.78, 5) is 0. The third kappa shape index (κ3) is 1.91. The van der Waals surface area contributed by atoms with E-state index in [1.165, 1.54) is 0 Å². The molecule has 0 aromatic heterocycles. The second kappa shape index (κ2) is 3.65. The van der Waals surface area contributed by atoms with Crippen molar-refractivity contribution in [2.75, 3.05) is 0 Å². The molecule has 10 heavy (non-hydrogen) atoms. The first-order valence-corrected chi connectivity index (χ1v) is 4.59. The molecule has 0 aliphatic heterocycles. The number of hydrogen-bond acceptors (Lipinski definition) is 1. The fourth-order valence-corrected chi connectivity index (χ4v) is 1.72. The highest BCUT2D eigenvalue weighted by atomic mass is 79.9. The molecule has 1 rings (SSSR count). The van der Waals surface area contributed by atoms with E-state index in [2.05, 4.69) is 28.6 Å². The topological polar surface area (TPSA) is 0 Å². The molecule has 0 saturated carbocycles. The van der Waals surface area contributed by atoms with E-state index < -0.39 is 0 Å². The molecule has 54 valence electrons. The zero-order chi connectivity index (χ0) is 7.56. The van der Waals surface area contributed by atoms with Crippen molar-refractivity contribution in [1.29, 1.82) is 0 Å². The lowest BCUT2D eigenvalue weighted by molar-refractivity contribution is 1.39. The molecule has 0 aliphatic rings. The van der Waals surface area contributed by atoms with Gasteiger partial charge in [-0.2, -0.15) is 12.6 Å². The van der Waals surface area contributed by atoms with Gasteiger partial charge in [-0.25, -0.2) is 0 Å². The summed E-state index contributed by atoms with van der Waals surface area (Å²) in [5.41, 5.74) is 1.12. The standard InChI is InChI=1S/C7H6BrClS/c8-7-2-1-6(9)3-5(7)4-10/h1-3,10H,4H2. The van der Waals surface area contributed by atoms with Crippen LogP contribution in [0.15, 0.2) is 22.7 Å². The van der Waals surface area contributed by atoms with Crippen LogP contribution in [-0.2, 0) is 5.75 Å².